The number of H-pyrrole nitrogens is 1. The number of aromatic nitrogens is 3. The van der Waals surface area contributed by atoms with Gasteiger partial charge in [-0.25, -0.2) is 4.39 Å². The third-order valence-corrected chi connectivity index (χ3v) is 5.64. The van der Waals surface area contributed by atoms with Crippen LogP contribution in [0.3, 0.4) is 0 Å². The van der Waals surface area contributed by atoms with E-state index in [1.165, 1.54) is 23.9 Å². The first-order chi connectivity index (χ1) is 14.1. The standard InChI is InChI=1S/C21H19FN4O2S/c1-12(14-5-3-4-6-18(14)28-2)24-19(27)11-29-21-20-16(10-23-26-21)15-9-13(22)7-8-17(15)25-20/h3-10,12,25H,11H2,1-2H3,(H,24,27)/t12-/m1/s1. The Labute approximate surface area is 170 Å². The van der Waals surface area contributed by atoms with E-state index in [1.807, 2.05) is 31.2 Å². The summed E-state index contributed by atoms with van der Waals surface area (Å²) in [6.07, 6.45) is 1.60. The minimum Gasteiger partial charge on any atom is -0.496 e. The van der Waals surface area contributed by atoms with E-state index < -0.39 is 0 Å². The van der Waals surface area contributed by atoms with E-state index in [0.29, 0.717) is 5.03 Å². The number of halogens is 1. The van der Waals surface area contributed by atoms with Crippen molar-refractivity contribution < 1.29 is 13.9 Å². The second-order valence-electron chi connectivity index (χ2n) is 6.57. The summed E-state index contributed by atoms with van der Waals surface area (Å²) in [7, 11) is 1.61. The van der Waals surface area contributed by atoms with E-state index in [0.717, 1.165) is 33.1 Å². The van der Waals surface area contributed by atoms with Gasteiger partial charge in [0.1, 0.15) is 16.6 Å². The molecule has 0 fully saturated rings. The molecule has 0 saturated carbocycles. The van der Waals surface area contributed by atoms with Crippen LogP contribution in [0.1, 0.15) is 18.5 Å². The lowest BCUT2D eigenvalue weighted by Gasteiger charge is -2.17. The number of thioether (sulfide) groups is 1. The van der Waals surface area contributed by atoms with Gasteiger partial charge in [-0.3, -0.25) is 4.79 Å². The molecule has 1 atom stereocenters. The van der Waals surface area contributed by atoms with Crippen molar-refractivity contribution in [3.63, 3.8) is 0 Å². The number of methoxy groups -OCH3 is 1. The number of amides is 1. The first-order valence-electron chi connectivity index (χ1n) is 9.04. The van der Waals surface area contributed by atoms with Crippen LogP contribution in [0.2, 0.25) is 0 Å². The quantitative estimate of drug-likeness (QED) is 0.465. The predicted molar refractivity (Wildman–Crippen MR) is 112 cm³/mol. The lowest BCUT2D eigenvalue weighted by Crippen LogP contribution is -2.28. The summed E-state index contributed by atoms with van der Waals surface area (Å²) in [5.41, 5.74) is 2.45. The third kappa shape index (κ3) is 3.88. The molecule has 2 N–H and O–H groups in total. The van der Waals surface area contributed by atoms with Gasteiger partial charge in [-0.1, -0.05) is 30.0 Å². The summed E-state index contributed by atoms with van der Waals surface area (Å²) < 4.78 is 19.0. The van der Waals surface area contributed by atoms with E-state index in [2.05, 4.69) is 20.5 Å². The molecule has 148 valence electrons. The zero-order chi connectivity index (χ0) is 20.4. The Morgan fingerprint density at radius 2 is 2.10 bits per heavy atom. The highest BCUT2D eigenvalue weighted by Gasteiger charge is 2.16. The van der Waals surface area contributed by atoms with Crippen LogP contribution >= 0.6 is 11.8 Å². The molecule has 2 aromatic carbocycles. The van der Waals surface area contributed by atoms with Crippen molar-refractivity contribution in [2.24, 2.45) is 0 Å². The molecular formula is C21H19FN4O2S. The molecule has 4 rings (SSSR count). The summed E-state index contributed by atoms with van der Waals surface area (Å²) in [6.45, 7) is 1.91. The van der Waals surface area contributed by atoms with Crippen molar-refractivity contribution in [3.05, 3.63) is 60.0 Å². The summed E-state index contributed by atoms with van der Waals surface area (Å²) in [4.78, 5) is 15.7. The predicted octanol–water partition coefficient (Wildman–Crippen LogP) is 4.23. The van der Waals surface area contributed by atoms with E-state index in [4.69, 9.17) is 4.74 Å². The summed E-state index contributed by atoms with van der Waals surface area (Å²) in [5.74, 6) is 0.467. The SMILES string of the molecule is COc1ccccc1[C@@H](C)NC(=O)CSc1nncc2c1[nH]c1ccc(F)cc12. The zero-order valence-electron chi connectivity index (χ0n) is 15.9. The van der Waals surface area contributed by atoms with Gasteiger partial charge in [-0.2, -0.15) is 5.10 Å². The fraction of sp³-hybridized carbons (Fsp3) is 0.190. The van der Waals surface area contributed by atoms with Crippen LogP contribution in [0.4, 0.5) is 4.39 Å². The molecular weight excluding hydrogens is 391 g/mol. The first kappa shape index (κ1) is 19.2. The van der Waals surface area contributed by atoms with E-state index in [-0.39, 0.29) is 23.5 Å². The zero-order valence-corrected chi connectivity index (χ0v) is 16.7. The largest absolute Gasteiger partial charge is 0.496 e. The number of fused-ring (bicyclic) bond motifs is 3. The van der Waals surface area contributed by atoms with Gasteiger partial charge in [0.15, 0.2) is 0 Å². The molecule has 0 unspecified atom stereocenters. The number of hydrogen-bond donors (Lipinski definition) is 2. The normalized spacial score (nSPS) is 12.2. The number of rotatable bonds is 6. The molecule has 2 aromatic heterocycles. The minimum atomic E-state index is -0.311. The molecule has 8 heteroatoms. The average molecular weight is 410 g/mol. The number of benzene rings is 2. The van der Waals surface area contributed by atoms with Gasteiger partial charge in [-0.15, -0.1) is 5.10 Å². The fourth-order valence-corrected chi connectivity index (χ4v) is 4.06. The summed E-state index contributed by atoms with van der Waals surface area (Å²) >= 11 is 1.28. The van der Waals surface area contributed by atoms with Crippen LogP contribution in [-0.2, 0) is 4.79 Å². The van der Waals surface area contributed by atoms with Gasteiger partial charge in [0.2, 0.25) is 5.91 Å². The topological polar surface area (TPSA) is 79.9 Å². The molecule has 0 aliphatic rings. The van der Waals surface area contributed by atoms with Crippen molar-refractivity contribution >= 4 is 39.5 Å². The molecule has 0 spiro atoms. The molecule has 0 aliphatic heterocycles. The number of aromatic amines is 1. The van der Waals surface area contributed by atoms with Crippen molar-refractivity contribution in [3.8, 4) is 5.75 Å². The third-order valence-electron chi connectivity index (χ3n) is 4.67. The number of ether oxygens (including phenoxy) is 1. The van der Waals surface area contributed by atoms with Crippen molar-refractivity contribution in [2.75, 3.05) is 12.9 Å². The van der Waals surface area contributed by atoms with Crippen LogP contribution in [0.5, 0.6) is 5.75 Å². The molecule has 0 radical (unpaired) electrons. The Morgan fingerprint density at radius 1 is 1.28 bits per heavy atom. The highest BCUT2D eigenvalue weighted by molar-refractivity contribution is 8.00. The van der Waals surface area contributed by atoms with Crippen LogP contribution in [-0.4, -0.2) is 34.0 Å². The molecule has 6 nitrogen and oxygen atoms in total. The van der Waals surface area contributed by atoms with Gasteiger partial charge in [0.05, 0.1) is 30.6 Å². The average Bonchev–Trinajstić information content (AvgIpc) is 3.10. The van der Waals surface area contributed by atoms with Gasteiger partial charge < -0.3 is 15.0 Å². The van der Waals surface area contributed by atoms with Crippen molar-refractivity contribution in [2.45, 2.75) is 18.0 Å². The summed E-state index contributed by atoms with van der Waals surface area (Å²) in [6, 6.07) is 11.9. The number of carbonyl (C=O) groups excluding carboxylic acids is 1. The van der Waals surface area contributed by atoms with E-state index in [1.54, 1.807) is 19.4 Å². The lowest BCUT2D eigenvalue weighted by atomic mass is 10.1. The second-order valence-corrected chi connectivity index (χ2v) is 7.54. The van der Waals surface area contributed by atoms with Crippen LogP contribution in [0.25, 0.3) is 21.8 Å². The number of nitrogens with one attached hydrogen (secondary N) is 2. The Bertz CT molecular complexity index is 1190. The minimum absolute atomic E-state index is 0.130. The Kier molecular flexibility index (Phi) is 5.35. The molecule has 1 amide bonds. The van der Waals surface area contributed by atoms with Crippen molar-refractivity contribution in [1.29, 1.82) is 0 Å². The number of para-hydroxylation sites is 1. The molecule has 0 aliphatic carbocycles. The monoisotopic (exact) mass is 410 g/mol. The highest BCUT2D eigenvalue weighted by atomic mass is 32.2. The number of carbonyl (C=O) groups is 1. The van der Waals surface area contributed by atoms with Crippen LogP contribution in [0.15, 0.2) is 53.7 Å². The molecule has 29 heavy (non-hydrogen) atoms. The Hall–Kier alpha value is -3.13. The maximum atomic E-state index is 13.6. The maximum absolute atomic E-state index is 13.6. The van der Waals surface area contributed by atoms with Crippen LogP contribution in [0, 0.1) is 5.82 Å². The van der Waals surface area contributed by atoms with Gasteiger partial charge in [0, 0.05) is 21.9 Å². The second kappa shape index (κ2) is 8.08. The molecule has 2 heterocycles. The van der Waals surface area contributed by atoms with Gasteiger partial charge >= 0.3 is 0 Å². The molecule has 4 aromatic rings. The van der Waals surface area contributed by atoms with E-state index in [9.17, 15) is 9.18 Å². The maximum Gasteiger partial charge on any atom is 0.230 e. The Balaban J connectivity index is 1.49. The smallest absolute Gasteiger partial charge is 0.230 e. The first-order valence-corrected chi connectivity index (χ1v) is 10.0. The Morgan fingerprint density at radius 3 is 2.93 bits per heavy atom. The summed E-state index contributed by atoms with van der Waals surface area (Å²) in [5, 5.41) is 13.3. The molecule has 0 bridgehead atoms. The van der Waals surface area contributed by atoms with Gasteiger partial charge in [-0.05, 0) is 31.2 Å². The number of nitrogens with zero attached hydrogens (tertiary/aromatic N) is 2. The van der Waals surface area contributed by atoms with E-state index >= 15 is 0 Å². The van der Waals surface area contributed by atoms with Crippen molar-refractivity contribution in [1.82, 2.24) is 20.5 Å². The highest BCUT2D eigenvalue weighted by Crippen LogP contribution is 2.31. The lowest BCUT2D eigenvalue weighted by molar-refractivity contribution is -0.119. The van der Waals surface area contributed by atoms with Crippen LogP contribution < -0.4 is 10.1 Å². The molecule has 0 saturated heterocycles. The van der Waals surface area contributed by atoms with Gasteiger partial charge in [0.25, 0.3) is 0 Å². The number of hydrogen-bond acceptors (Lipinski definition) is 5. The fourth-order valence-electron chi connectivity index (χ4n) is 3.30.